The van der Waals surface area contributed by atoms with Gasteiger partial charge in [0.05, 0.1) is 4.99 Å². The van der Waals surface area contributed by atoms with E-state index in [4.69, 9.17) is 18.0 Å². The Morgan fingerprint density at radius 1 is 1.39 bits per heavy atom. The fraction of sp³-hybridized carbons (Fsp3) is 0.417. The van der Waals surface area contributed by atoms with E-state index in [9.17, 15) is 8.42 Å². The van der Waals surface area contributed by atoms with Crippen molar-refractivity contribution in [2.45, 2.75) is 31.1 Å². The molecule has 0 heterocycles. The van der Waals surface area contributed by atoms with Crippen LogP contribution in [0.1, 0.15) is 18.1 Å². The molecule has 1 aromatic carbocycles. The van der Waals surface area contributed by atoms with Crippen molar-refractivity contribution in [3.63, 3.8) is 0 Å². The first-order valence-corrected chi connectivity index (χ1v) is 7.73. The van der Waals surface area contributed by atoms with E-state index in [0.29, 0.717) is 0 Å². The molecule has 3 N–H and O–H groups in total. The predicted octanol–water partition coefficient (Wildman–Crippen LogP) is 0.748. The van der Waals surface area contributed by atoms with E-state index in [1.165, 1.54) is 18.1 Å². The Morgan fingerprint density at radius 2 is 1.89 bits per heavy atom. The number of nitrogens with two attached hydrogens (primary N) is 1. The van der Waals surface area contributed by atoms with Gasteiger partial charge in [-0.25, -0.2) is 13.1 Å². The maximum Gasteiger partial charge on any atom is 0.221 e. The molecule has 2 rings (SSSR count). The van der Waals surface area contributed by atoms with E-state index >= 15 is 0 Å². The Bertz CT molecular complexity index is 544. The zero-order valence-electron chi connectivity index (χ0n) is 10.1. The standard InChI is InChI=1S/C12H16N2O2S2/c1-8(12(13)17)18(15,16)14-11-6-9-4-2-3-5-10(9)7-11/h2-5,8,11,14H,6-7H2,1H3,(H2,13,17). The molecule has 0 amide bonds. The Labute approximate surface area is 113 Å². The van der Waals surface area contributed by atoms with Crippen LogP contribution >= 0.6 is 12.2 Å². The first kappa shape index (κ1) is 13.5. The van der Waals surface area contributed by atoms with E-state index in [2.05, 4.69) is 4.72 Å². The van der Waals surface area contributed by atoms with Crippen LogP contribution in [0, 0.1) is 0 Å². The molecule has 1 atom stereocenters. The van der Waals surface area contributed by atoms with Crippen LogP contribution in [0.25, 0.3) is 0 Å². The van der Waals surface area contributed by atoms with Gasteiger partial charge in [0.1, 0.15) is 5.25 Å². The number of benzene rings is 1. The molecular weight excluding hydrogens is 268 g/mol. The number of rotatable bonds is 4. The molecule has 0 aromatic heterocycles. The molecule has 1 aliphatic rings. The van der Waals surface area contributed by atoms with Crippen LogP contribution in [0.3, 0.4) is 0 Å². The molecule has 4 nitrogen and oxygen atoms in total. The van der Waals surface area contributed by atoms with Gasteiger partial charge in [-0.3, -0.25) is 0 Å². The van der Waals surface area contributed by atoms with Crippen LogP contribution in [0.4, 0.5) is 0 Å². The van der Waals surface area contributed by atoms with Gasteiger partial charge in [0.2, 0.25) is 10.0 Å². The largest absolute Gasteiger partial charge is 0.392 e. The Hall–Kier alpha value is -0.980. The first-order chi connectivity index (χ1) is 8.40. The SMILES string of the molecule is CC(C(N)=S)S(=O)(=O)NC1Cc2ccccc2C1. The van der Waals surface area contributed by atoms with Crippen LogP contribution in [-0.2, 0) is 22.9 Å². The van der Waals surface area contributed by atoms with Gasteiger partial charge in [0.25, 0.3) is 0 Å². The monoisotopic (exact) mass is 284 g/mol. The number of hydrogen-bond acceptors (Lipinski definition) is 3. The van der Waals surface area contributed by atoms with Crippen LogP contribution < -0.4 is 10.5 Å². The highest BCUT2D eigenvalue weighted by molar-refractivity contribution is 7.93. The number of sulfonamides is 1. The molecule has 18 heavy (non-hydrogen) atoms. The van der Waals surface area contributed by atoms with E-state index in [1.807, 2.05) is 24.3 Å². The Balaban J connectivity index is 2.08. The summed E-state index contributed by atoms with van der Waals surface area (Å²) in [6, 6.07) is 7.89. The Kier molecular flexibility index (Phi) is 3.70. The molecule has 0 saturated carbocycles. The Morgan fingerprint density at radius 3 is 2.33 bits per heavy atom. The summed E-state index contributed by atoms with van der Waals surface area (Å²) in [5, 5.41) is -0.837. The van der Waals surface area contributed by atoms with E-state index in [0.717, 1.165) is 12.8 Å². The lowest BCUT2D eigenvalue weighted by molar-refractivity contribution is 0.553. The van der Waals surface area contributed by atoms with E-state index in [-0.39, 0.29) is 11.0 Å². The highest BCUT2D eigenvalue weighted by Gasteiger charge is 2.29. The number of nitrogens with one attached hydrogen (secondary N) is 1. The molecule has 0 aliphatic heterocycles. The van der Waals surface area contributed by atoms with Crippen LogP contribution in [-0.4, -0.2) is 24.7 Å². The van der Waals surface area contributed by atoms with Crippen LogP contribution in [0.15, 0.2) is 24.3 Å². The second-order valence-electron chi connectivity index (χ2n) is 4.58. The molecule has 1 unspecified atom stereocenters. The van der Waals surface area contributed by atoms with Crippen molar-refractivity contribution in [2.24, 2.45) is 5.73 Å². The van der Waals surface area contributed by atoms with E-state index < -0.39 is 15.3 Å². The molecular formula is C12H16N2O2S2. The second kappa shape index (κ2) is 4.95. The van der Waals surface area contributed by atoms with Gasteiger partial charge in [-0.1, -0.05) is 36.5 Å². The van der Waals surface area contributed by atoms with Gasteiger partial charge >= 0.3 is 0 Å². The van der Waals surface area contributed by atoms with Gasteiger partial charge in [0.15, 0.2) is 0 Å². The molecule has 0 fully saturated rings. The fourth-order valence-electron chi connectivity index (χ4n) is 2.13. The summed E-state index contributed by atoms with van der Waals surface area (Å²) >= 11 is 4.74. The fourth-order valence-corrected chi connectivity index (χ4v) is 3.65. The predicted molar refractivity (Wildman–Crippen MR) is 75.9 cm³/mol. The third-order valence-electron chi connectivity index (χ3n) is 3.25. The summed E-state index contributed by atoms with van der Waals surface area (Å²) in [4.78, 5) is -0.00184. The molecule has 1 aliphatic carbocycles. The van der Waals surface area contributed by atoms with Gasteiger partial charge in [-0.05, 0) is 30.9 Å². The zero-order valence-corrected chi connectivity index (χ0v) is 11.7. The summed E-state index contributed by atoms with van der Waals surface area (Å²) < 4.78 is 26.7. The van der Waals surface area contributed by atoms with Gasteiger partial charge in [-0.15, -0.1) is 0 Å². The van der Waals surface area contributed by atoms with Gasteiger partial charge < -0.3 is 5.73 Å². The number of thiocarbonyl (C=S) groups is 1. The van der Waals surface area contributed by atoms with Crippen molar-refractivity contribution in [2.75, 3.05) is 0 Å². The summed E-state index contributed by atoms with van der Waals surface area (Å²) in [6.45, 7) is 1.51. The molecule has 0 saturated heterocycles. The van der Waals surface area contributed by atoms with Crippen LogP contribution in [0.5, 0.6) is 0 Å². The maximum absolute atomic E-state index is 12.0. The van der Waals surface area contributed by atoms with Gasteiger partial charge in [0, 0.05) is 6.04 Å². The first-order valence-electron chi connectivity index (χ1n) is 5.77. The van der Waals surface area contributed by atoms with Gasteiger partial charge in [-0.2, -0.15) is 0 Å². The maximum atomic E-state index is 12.0. The second-order valence-corrected chi connectivity index (χ2v) is 7.09. The average molecular weight is 284 g/mol. The van der Waals surface area contributed by atoms with Crippen LogP contribution in [0.2, 0.25) is 0 Å². The highest BCUT2D eigenvalue weighted by atomic mass is 32.2. The molecule has 0 radical (unpaired) electrons. The minimum absolute atomic E-state index is 0.00184. The smallest absolute Gasteiger partial charge is 0.221 e. The average Bonchev–Trinajstić information content (AvgIpc) is 2.68. The molecule has 0 bridgehead atoms. The number of hydrogen-bond donors (Lipinski definition) is 2. The highest BCUT2D eigenvalue weighted by Crippen LogP contribution is 2.22. The lowest BCUT2D eigenvalue weighted by atomic mass is 10.1. The third kappa shape index (κ3) is 2.71. The lowest BCUT2D eigenvalue weighted by Gasteiger charge is -2.16. The summed E-state index contributed by atoms with van der Waals surface area (Å²) in [6.07, 6.45) is 1.44. The summed E-state index contributed by atoms with van der Waals surface area (Å²) in [7, 11) is -3.48. The van der Waals surface area contributed by atoms with Crippen molar-refractivity contribution >= 4 is 27.2 Å². The van der Waals surface area contributed by atoms with E-state index in [1.54, 1.807) is 0 Å². The normalized spacial score (nSPS) is 17.4. The lowest BCUT2D eigenvalue weighted by Crippen LogP contribution is -2.44. The molecule has 1 aromatic rings. The van der Waals surface area contributed by atoms with Crippen molar-refractivity contribution in [3.8, 4) is 0 Å². The number of fused-ring (bicyclic) bond motifs is 1. The topological polar surface area (TPSA) is 72.2 Å². The quantitative estimate of drug-likeness (QED) is 0.800. The zero-order chi connectivity index (χ0) is 13.3. The summed E-state index contributed by atoms with van der Waals surface area (Å²) in [5.41, 5.74) is 7.80. The molecule has 6 heteroatoms. The minimum Gasteiger partial charge on any atom is -0.392 e. The minimum atomic E-state index is -3.48. The molecule has 98 valence electrons. The van der Waals surface area contributed by atoms with Crippen molar-refractivity contribution in [1.29, 1.82) is 0 Å². The van der Waals surface area contributed by atoms with Crippen molar-refractivity contribution in [3.05, 3.63) is 35.4 Å². The third-order valence-corrected chi connectivity index (χ3v) is 5.60. The molecule has 0 spiro atoms. The van der Waals surface area contributed by atoms with Crippen molar-refractivity contribution in [1.82, 2.24) is 4.72 Å². The van der Waals surface area contributed by atoms with Crippen molar-refractivity contribution < 1.29 is 8.42 Å². The summed E-state index contributed by atoms with van der Waals surface area (Å²) in [5.74, 6) is 0.